The first-order valence-corrected chi connectivity index (χ1v) is 12.5. The molecule has 3 atom stereocenters. The fourth-order valence-corrected chi connectivity index (χ4v) is 5.20. The van der Waals surface area contributed by atoms with E-state index in [-0.39, 0.29) is 35.8 Å². The van der Waals surface area contributed by atoms with Gasteiger partial charge in [-0.1, -0.05) is 0 Å². The van der Waals surface area contributed by atoms with Crippen molar-refractivity contribution in [2.45, 2.75) is 44.0 Å². The summed E-state index contributed by atoms with van der Waals surface area (Å²) in [6.07, 6.45) is -1.45. The Bertz CT molecular complexity index is 1110. The van der Waals surface area contributed by atoms with Gasteiger partial charge in [0.2, 0.25) is 10.0 Å². The Hall–Kier alpha value is -2.95. The number of nitrogens with one attached hydrogen (secondary N) is 1. The highest BCUT2D eigenvalue weighted by Crippen LogP contribution is 2.22. The van der Waals surface area contributed by atoms with Gasteiger partial charge in [-0.05, 0) is 69.3 Å². The minimum atomic E-state index is -3.72. The van der Waals surface area contributed by atoms with E-state index in [2.05, 4.69) is 5.32 Å². The molecular weight excluding hydrogens is 458 g/mol. The molecule has 2 aromatic rings. The van der Waals surface area contributed by atoms with E-state index in [1.165, 1.54) is 35.5 Å². The highest BCUT2D eigenvalue weighted by atomic mass is 32.2. The van der Waals surface area contributed by atoms with Crippen LogP contribution in [0, 0.1) is 0 Å². The van der Waals surface area contributed by atoms with Crippen LogP contribution in [0.5, 0.6) is 0 Å². The van der Waals surface area contributed by atoms with Crippen LogP contribution in [0.1, 0.15) is 31.1 Å². The van der Waals surface area contributed by atoms with Gasteiger partial charge in [-0.25, -0.2) is 13.2 Å². The molecule has 0 aromatic heterocycles. The molecule has 10 heteroatoms. The maximum atomic E-state index is 13.0. The molecule has 1 fully saturated rings. The summed E-state index contributed by atoms with van der Waals surface area (Å²) in [5, 5.41) is 2.71. The van der Waals surface area contributed by atoms with Gasteiger partial charge in [0, 0.05) is 38.6 Å². The SMILES string of the molecule is C[C@@H]1CN(S(=O)(=O)c2ccc(C(=O)O[C@H](C)C(=O)Nc3ccc(N(C)C)cc3)cc2)C[C@@H](C)O1. The molecule has 1 heterocycles. The van der Waals surface area contributed by atoms with Gasteiger partial charge in [-0.2, -0.15) is 4.31 Å². The van der Waals surface area contributed by atoms with Crippen LogP contribution in [0.4, 0.5) is 11.4 Å². The zero-order chi connectivity index (χ0) is 25.0. The number of esters is 1. The van der Waals surface area contributed by atoms with Crippen LogP contribution in [-0.2, 0) is 24.3 Å². The number of rotatable bonds is 7. The fourth-order valence-electron chi connectivity index (χ4n) is 3.61. The summed E-state index contributed by atoms with van der Waals surface area (Å²) in [5.41, 5.74) is 1.72. The number of amides is 1. The van der Waals surface area contributed by atoms with Gasteiger partial charge in [0.05, 0.1) is 22.7 Å². The molecule has 0 saturated carbocycles. The summed E-state index contributed by atoms with van der Waals surface area (Å²) in [7, 11) is 0.119. The van der Waals surface area contributed by atoms with Crippen molar-refractivity contribution in [3.05, 3.63) is 54.1 Å². The molecule has 3 rings (SSSR count). The lowest BCUT2D eigenvalue weighted by molar-refractivity contribution is -0.123. The van der Waals surface area contributed by atoms with E-state index < -0.39 is 28.0 Å². The largest absolute Gasteiger partial charge is 0.449 e. The quantitative estimate of drug-likeness (QED) is 0.596. The fraction of sp³-hybridized carbons (Fsp3) is 0.417. The summed E-state index contributed by atoms with van der Waals surface area (Å²) in [6.45, 7) is 5.66. The normalized spacial score (nSPS) is 19.8. The Labute approximate surface area is 200 Å². The first-order valence-electron chi connectivity index (χ1n) is 11.0. The Morgan fingerprint density at radius 3 is 2.12 bits per heavy atom. The molecule has 0 bridgehead atoms. The predicted molar refractivity (Wildman–Crippen MR) is 129 cm³/mol. The number of nitrogens with zero attached hydrogens (tertiary/aromatic N) is 2. The number of sulfonamides is 1. The van der Waals surface area contributed by atoms with Gasteiger partial charge in [-0.3, -0.25) is 4.79 Å². The van der Waals surface area contributed by atoms with Crippen molar-refractivity contribution in [1.82, 2.24) is 4.31 Å². The van der Waals surface area contributed by atoms with Gasteiger partial charge >= 0.3 is 5.97 Å². The van der Waals surface area contributed by atoms with Crippen LogP contribution < -0.4 is 10.2 Å². The molecule has 2 aromatic carbocycles. The van der Waals surface area contributed by atoms with Crippen molar-refractivity contribution in [2.24, 2.45) is 0 Å². The molecule has 1 saturated heterocycles. The summed E-state index contributed by atoms with van der Waals surface area (Å²) in [6, 6.07) is 12.7. The molecule has 0 aliphatic carbocycles. The molecular formula is C24H31N3O6S. The molecule has 1 aliphatic rings. The first kappa shape index (κ1) is 25.7. The number of hydrogen-bond donors (Lipinski definition) is 1. The van der Waals surface area contributed by atoms with Crippen molar-refractivity contribution in [2.75, 3.05) is 37.4 Å². The summed E-state index contributed by atoms with van der Waals surface area (Å²) in [5.74, 6) is -1.19. The van der Waals surface area contributed by atoms with E-state index in [9.17, 15) is 18.0 Å². The standard InChI is InChI=1S/C24H31N3O6S/c1-16-14-27(15-17(2)32-16)34(30,31)22-12-6-19(7-13-22)24(29)33-18(3)23(28)25-20-8-10-21(11-9-20)26(4)5/h6-13,16-18H,14-15H2,1-5H3,(H,25,28)/t16-,17-,18-/m1/s1. The molecule has 184 valence electrons. The van der Waals surface area contributed by atoms with E-state index in [1.807, 2.05) is 45.0 Å². The van der Waals surface area contributed by atoms with E-state index in [0.717, 1.165) is 5.69 Å². The number of carbonyl (C=O) groups is 2. The van der Waals surface area contributed by atoms with Crippen LogP contribution >= 0.6 is 0 Å². The third kappa shape index (κ3) is 6.13. The van der Waals surface area contributed by atoms with Crippen LogP contribution in [0.25, 0.3) is 0 Å². The maximum absolute atomic E-state index is 13.0. The van der Waals surface area contributed by atoms with Crippen molar-refractivity contribution in [3.63, 3.8) is 0 Å². The Kier molecular flexibility index (Phi) is 7.96. The lowest BCUT2D eigenvalue weighted by Gasteiger charge is -2.34. The Morgan fingerprint density at radius 1 is 1.03 bits per heavy atom. The topological polar surface area (TPSA) is 105 Å². The monoisotopic (exact) mass is 489 g/mol. The number of anilines is 2. The number of carbonyl (C=O) groups excluding carboxylic acids is 2. The van der Waals surface area contributed by atoms with E-state index in [4.69, 9.17) is 9.47 Å². The van der Waals surface area contributed by atoms with Crippen LogP contribution in [-0.4, -0.2) is 70.1 Å². The van der Waals surface area contributed by atoms with Gasteiger partial charge in [0.1, 0.15) is 0 Å². The van der Waals surface area contributed by atoms with E-state index in [0.29, 0.717) is 5.69 Å². The van der Waals surface area contributed by atoms with Crippen LogP contribution in [0.15, 0.2) is 53.4 Å². The number of morpholine rings is 1. The zero-order valence-corrected chi connectivity index (χ0v) is 20.8. The highest BCUT2D eigenvalue weighted by molar-refractivity contribution is 7.89. The second-order valence-corrected chi connectivity index (χ2v) is 10.5. The number of ether oxygens (including phenoxy) is 2. The summed E-state index contributed by atoms with van der Waals surface area (Å²) >= 11 is 0. The minimum Gasteiger partial charge on any atom is -0.449 e. The second kappa shape index (κ2) is 10.5. The lowest BCUT2D eigenvalue weighted by atomic mass is 10.2. The van der Waals surface area contributed by atoms with Crippen molar-refractivity contribution >= 4 is 33.3 Å². The third-order valence-electron chi connectivity index (χ3n) is 5.42. The van der Waals surface area contributed by atoms with Crippen molar-refractivity contribution in [1.29, 1.82) is 0 Å². The molecule has 0 radical (unpaired) electrons. The lowest BCUT2D eigenvalue weighted by Crippen LogP contribution is -2.48. The van der Waals surface area contributed by atoms with E-state index in [1.54, 1.807) is 12.1 Å². The number of hydrogen-bond acceptors (Lipinski definition) is 7. The molecule has 1 amide bonds. The first-order chi connectivity index (χ1) is 16.0. The highest BCUT2D eigenvalue weighted by Gasteiger charge is 2.32. The third-order valence-corrected chi connectivity index (χ3v) is 7.26. The minimum absolute atomic E-state index is 0.0808. The number of benzene rings is 2. The average molecular weight is 490 g/mol. The maximum Gasteiger partial charge on any atom is 0.338 e. The van der Waals surface area contributed by atoms with Crippen molar-refractivity contribution in [3.8, 4) is 0 Å². The smallest absolute Gasteiger partial charge is 0.338 e. The predicted octanol–water partition coefficient (Wildman–Crippen LogP) is 2.73. The second-order valence-electron chi connectivity index (χ2n) is 8.58. The molecule has 9 nitrogen and oxygen atoms in total. The van der Waals surface area contributed by atoms with Gasteiger partial charge in [0.25, 0.3) is 5.91 Å². The van der Waals surface area contributed by atoms with Crippen LogP contribution in [0.2, 0.25) is 0 Å². The zero-order valence-electron chi connectivity index (χ0n) is 20.0. The van der Waals surface area contributed by atoms with Crippen molar-refractivity contribution < 1.29 is 27.5 Å². The molecule has 1 aliphatic heterocycles. The summed E-state index contributed by atoms with van der Waals surface area (Å²) in [4.78, 5) is 26.9. The Morgan fingerprint density at radius 2 is 1.59 bits per heavy atom. The average Bonchev–Trinajstić information content (AvgIpc) is 2.78. The van der Waals surface area contributed by atoms with E-state index >= 15 is 0 Å². The molecule has 0 unspecified atom stereocenters. The summed E-state index contributed by atoms with van der Waals surface area (Å²) < 4.78 is 38.2. The van der Waals surface area contributed by atoms with Crippen LogP contribution in [0.3, 0.4) is 0 Å². The Balaban J connectivity index is 1.61. The van der Waals surface area contributed by atoms with Gasteiger partial charge in [-0.15, -0.1) is 0 Å². The molecule has 1 N–H and O–H groups in total. The van der Waals surface area contributed by atoms with Gasteiger partial charge < -0.3 is 19.7 Å². The molecule has 34 heavy (non-hydrogen) atoms. The van der Waals surface area contributed by atoms with Gasteiger partial charge in [0.15, 0.2) is 6.10 Å². The molecule has 0 spiro atoms.